The molecule has 22 heavy (non-hydrogen) atoms. The maximum absolute atomic E-state index is 11.0. The van der Waals surface area contributed by atoms with Gasteiger partial charge < -0.3 is 17.2 Å². The molecule has 0 unspecified atom stereocenters. The van der Waals surface area contributed by atoms with E-state index in [1.165, 1.54) is 18.2 Å². The first-order chi connectivity index (χ1) is 10.2. The van der Waals surface area contributed by atoms with Gasteiger partial charge in [-0.15, -0.1) is 5.11 Å². The highest BCUT2D eigenvalue weighted by Gasteiger charge is 2.12. The summed E-state index contributed by atoms with van der Waals surface area (Å²) in [6, 6.07) is 3.84. The van der Waals surface area contributed by atoms with Crippen LogP contribution in [0.5, 0.6) is 0 Å². The van der Waals surface area contributed by atoms with Crippen LogP contribution in [0.15, 0.2) is 33.3 Å². The van der Waals surface area contributed by atoms with E-state index in [0.29, 0.717) is 11.3 Å². The summed E-state index contributed by atoms with van der Waals surface area (Å²) in [6.45, 7) is 1.61. The summed E-state index contributed by atoms with van der Waals surface area (Å²) < 4.78 is 31.0. The molecule has 1 aromatic carbocycles. The molecule has 0 fully saturated rings. The molecular weight excluding hydrogens is 310 g/mol. The number of benzene rings is 1. The third kappa shape index (κ3) is 3.27. The Bertz CT molecular complexity index is 841. The number of hydrogen-bond acceptors (Lipinski definition) is 9. The van der Waals surface area contributed by atoms with Gasteiger partial charge in [-0.1, -0.05) is 0 Å². The van der Waals surface area contributed by atoms with E-state index in [0.717, 1.165) is 0 Å². The van der Waals surface area contributed by atoms with Crippen molar-refractivity contribution in [2.45, 2.75) is 11.8 Å². The monoisotopic (exact) mass is 323 g/mol. The van der Waals surface area contributed by atoms with Crippen molar-refractivity contribution in [3.8, 4) is 0 Å². The molecule has 0 bridgehead atoms. The Morgan fingerprint density at radius 2 is 1.68 bits per heavy atom. The quantitative estimate of drug-likeness (QED) is 0.479. The minimum Gasteiger partial charge on any atom is -0.382 e. The van der Waals surface area contributed by atoms with Crippen molar-refractivity contribution in [2.75, 3.05) is 17.2 Å². The zero-order valence-corrected chi connectivity index (χ0v) is 12.2. The number of rotatable bonds is 3. The molecule has 7 N–H and O–H groups in total. The van der Waals surface area contributed by atoms with Crippen LogP contribution in [0.3, 0.4) is 0 Å². The lowest BCUT2D eigenvalue weighted by Gasteiger charge is -2.04. The minimum atomic E-state index is -4.27. The lowest BCUT2D eigenvalue weighted by atomic mass is 10.2. The second-order valence-electron chi connectivity index (χ2n) is 4.32. The molecule has 1 heterocycles. The van der Waals surface area contributed by atoms with Gasteiger partial charge in [0.05, 0.1) is 10.6 Å². The zero-order valence-electron chi connectivity index (χ0n) is 11.4. The van der Waals surface area contributed by atoms with Crippen molar-refractivity contribution in [1.82, 2.24) is 9.97 Å². The summed E-state index contributed by atoms with van der Waals surface area (Å²) in [4.78, 5) is 7.19. The fraction of sp³-hybridized carbons (Fsp3) is 0.0909. The number of nitrogens with zero attached hydrogens (tertiary/aromatic N) is 4. The van der Waals surface area contributed by atoms with Crippen LogP contribution in [0.2, 0.25) is 0 Å². The van der Waals surface area contributed by atoms with Crippen LogP contribution in [-0.4, -0.2) is 22.9 Å². The van der Waals surface area contributed by atoms with Gasteiger partial charge in [0.15, 0.2) is 17.3 Å². The molecule has 2 rings (SSSR count). The van der Waals surface area contributed by atoms with E-state index >= 15 is 0 Å². The van der Waals surface area contributed by atoms with Crippen molar-refractivity contribution in [2.24, 2.45) is 10.2 Å². The lowest BCUT2D eigenvalue weighted by Crippen LogP contribution is -2.03. The van der Waals surface area contributed by atoms with E-state index in [-0.39, 0.29) is 28.2 Å². The molecule has 0 spiro atoms. The highest BCUT2D eigenvalue weighted by molar-refractivity contribution is 7.85. The van der Waals surface area contributed by atoms with E-state index in [4.69, 9.17) is 21.8 Å². The second kappa shape index (κ2) is 5.54. The van der Waals surface area contributed by atoms with Gasteiger partial charge in [-0.3, -0.25) is 4.55 Å². The maximum Gasteiger partial charge on any atom is 0.294 e. The minimum absolute atomic E-state index is 0.0269. The summed E-state index contributed by atoms with van der Waals surface area (Å²) in [5.74, 6) is -0.135. The summed E-state index contributed by atoms with van der Waals surface area (Å²) in [6.07, 6.45) is 0. The number of nitrogen functional groups attached to an aromatic ring is 3. The maximum atomic E-state index is 11.0. The van der Waals surface area contributed by atoms with Crippen LogP contribution < -0.4 is 17.2 Å². The van der Waals surface area contributed by atoms with Gasteiger partial charge >= 0.3 is 0 Å². The SMILES string of the molecule is Cc1cc(S(=O)(=O)O)ccc1N=Nc1c(N)nc(N)nc1N. The molecular formula is C11H13N7O3S. The number of azo groups is 1. The Labute approximate surface area is 125 Å². The highest BCUT2D eigenvalue weighted by atomic mass is 32.2. The van der Waals surface area contributed by atoms with Crippen LogP contribution >= 0.6 is 0 Å². The fourth-order valence-corrected chi connectivity index (χ4v) is 2.18. The Morgan fingerprint density at radius 3 is 2.18 bits per heavy atom. The standard InChI is InChI=1S/C11H13N7O3S/c1-5-4-6(22(19,20)21)2-3-7(5)17-18-8-9(12)15-11(14)16-10(8)13/h2-4H,1H3,(H,19,20,21)(H6,12,13,14,15,16). The van der Waals surface area contributed by atoms with Crippen molar-refractivity contribution in [3.63, 3.8) is 0 Å². The molecule has 0 aliphatic heterocycles. The molecule has 0 aliphatic rings. The summed E-state index contributed by atoms with van der Waals surface area (Å²) in [5, 5.41) is 7.77. The van der Waals surface area contributed by atoms with Crippen molar-refractivity contribution in [1.29, 1.82) is 0 Å². The Morgan fingerprint density at radius 1 is 1.09 bits per heavy atom. The zero-order chi connectivity index (χ0) is 16.5. The third-order valence-corrected chi connectivity index (χ3v) is 3.53. The van der Waals surface area contributed by atoms with E-state index < -0.39 is 10.1 Å². The molecule has 0 aliphatic carbocycles. The van der Waals surface area contributed by atoms with Gasteiger partial charge in [0, 0.05) is 0 Å². The average molecular weight is 323 g/mol. The van der Waals surface area contributed by atoms with Gasteiger partial charge in [0.2, 0.25) is 5.95 Å². The third-order valence-electron chi connectivity index (χ3n) is 2.68. The van der Waals surface area contributed by atoms with Crippen LogP contribution in [0, 0.1) is 6.92 Å². The molecule has 0 saturated heterocycles. The fourth-order valence-electron chi connectivity index (χ4n) is 1.62. The molecule has 10 nitrogen and oxygen atoms in total. The van der Waals surface area contributed by atoms with Gasteiger partial charge in [-0.25, -0.2) is 0 Å². The van der Waals surface area contributed by atoms with Gasteiger partial charge in [0.25, 0.3) is 10.1 Å². The van der Waals surface area contributed by atoms with Crippen molar-refractivity contribution < 1.29 is 13.0 Å². The van der Waals surface area contributed by atoms with Crippen LogP contribution in [0.25, 0.3) is 0 Å². The average Bonchev–Trinajstić information content (AvgIpc) is 2.37. The first kappa shape index (κ1) is 15.6. The molecule has 2 aromatic rings. The van der Waals surface area contributed by atoms with Crippen LogP contribution in [-0.2, 0) is 10.1 Å². The lowest BCUT2D eigenvalue weighted by molar-refractivity contribution is 0.483. The molecule has 0 atom stereocenters. The van der Waals surface area contributed by atoms with Crippen molar-refractivity contribution in [3.05, 3.63) is 23.8 Å². The highest BCUT2D eigenvalue weighted by Crippen LogP contribution is 2.30. The number of aryl methyl sites for hydroxylation is 1. The smallest absolute Gasteiger partial charge is 0.294 e. The molecule has 1 aromatic heterocycles. The summed E-state index contributed by atoms with van der Waals surface area (Å²) in [5.41, 5.74) is 17.5. The second-order valence-corrected chi connectivity index (χ2v) is 5.75. The van der Waals surface area contributed by atoms with E-state index in [1.807, 2.05) is 0 Å². The van der Waals surface area contributed by atoms with Gasteiger partial charge in [-0.2, -0.15) is 23.5 Å². The molecule has 0 saturated carbocycles. The topological polar surface area (TPSA) is 183 Å². The van der Waals surface area contributed by atoms with E-state index in [9.17, 15) is 8.42 Å². The molecule has 116 valence electrons. The number of anilines is 3. The molecule has 0 amide bonds. The van der Waals surface area contributed by atoms with Gasteiger partial charge in [0.1, 0.15) is 0 Å². The summed E-state index contributed by atoms with van der Waals surface area (Å²) >= 11 is 0. The molecule has 0 radical (unpaired) electrons. The number of aromatic nitrogens is 2. The first-order valence-corrected chi connectivity index (χ1v) is 7.31. The van der Waals surface area contributed by atoms with Crippen molar-refractivity contribution >= 4 is 39.1 Å². The van der Waals surface area contributed by atoms with E-state index in [2.05, 4.69) is 20.2 Å². The summed E-state index contributed by atoms with van der Waals surface area (Å²) in [7, 11) is -4.27. The Balaban J connectivity index is 2.40. The number of nitrogens with two attached hydrogens (primary N) is 3. The first-order valence-electron chi connectivity index (χ1n) is 5.87. The Kier molecular flexibility index (Phi) is 3.93. The molecule has 11 heteroatoms. The predicted molar refractivity (Wildman–Crippen MR) is 80.4 cm³/mol. The predicted octanol–water partition coefficient (Wildman–Crippen LogP) is 1.19. The largest absolute Gasteiger partial charge is 0.382 e. The van der Waals surface area contributed by atoms with Crippen LogP contribution in [0.4, 0.5) is 29.0 Å². The van der Waals surface area contributed by atoms with Gasteiger partial charge in [-0.05, 0) is 30.7 Å². The Hall–Kier alpha value is -2.79. The number of hydrogen-bond donors (Lipinski definition) is 4. The van der Waals surface area contributed by atoms with E-state index in [1.54, 1.807) is 6.92 Å². The van der Waals surface area contributed by atoms with Crippen LogP contribution in [0.1, 0.15) is 5.56 Å². The normalized spacial score (nSPS) is 11.9.